The first-order valence-corrected chi connectivity index (χ1v) is 11.2. The Kier molecular flexibility index (Phi) is 6.89. The second kappa shape index (κ2) is 10.2. The van der Waals surface area contributed by atoms with E-state index in [0.29, 0.717) is 28.3 Å². The molecule has 1 heterocycles. The average molecular weight is 475 g/mol. The SMILES string of the molecule is COc1ccc(C(=O)N=c2scc(-c3ccc(OC)cc3)n2C(C(=O)O)c2ccccc2)cc1. The van der Waals surface area contributed by atoms with Crippen LogP contribution in [0.1, 0.15) is 22.0 Å². The molecule has 3 aromatic carbocycles. The summed E-state index contributed by atoms with van der Waals surface area (Å²) >= 11 is 1.21. The number of thiazole rings is 1. The van der Waals surface area contributed by atoms with Gasteiger partial charge in [0.05, 0.1) is 19.9 Å². The van der Waals surface area contributed by atoms with Crippen LogP contribution in [0.3, 0.4) is 0 Å². The van der Waals surface area contributed by atoms with Gasteiger partial charge < -0.3 is 14.6 Å². The highest BCUT2D eigenvalue weighted by Crippen LogP contribution is 2.28. The lowest BCUT2D eigenvalue weighted by molar-refractivity contribution is -0.139. The lowest BCUT2D eigenvalue weighted by Gasteiger charge is -2.18. The largest absolute Gasteiger partial charge is 0.497 e. The summed E-state index contributed by atoms with van der Waals surface area (Å²) in [5.41, 5.74) is 2.35. The van der Waals surface area contributed by atoms with Crippen LogP contribution < -0.4 is 14.3 Å². The van der Waals surface area contributed by atoms with Gasteiger partial charge in [0.2, 0.25) is 0 Å². The van der Waals surface area contributed by atoms with Crippen molar-refractivity contribution in [3.05, 3.63) is 100 Å². The van der Waals surface area contributed by atoms with Crippen molar-refractivity contribution in [2.24, 2.45) is 4.99 Å². The van der Waals surface area contributed by atoms with Crippen LogP contribution >= 0.6 is 11.3 Å². The van der Waals surface area contributed by atoms with E-state index in [1.165, 1.54) is 11.3 Å². The Labute approximate surface area is 200 Å². The van der Waals surface area contributed by atoms with Crippen molar-refractivity contribution in [1.29, 1.82) is 0 Å². The normalized spacial score (nSPS) is 12.2. The maximum absolute atomic E-state index is 12.9. The predicted octanol–water partition coefficient (Wildman–Crippen LogP) is 4.65. The molecule has 1 N–H and O–H groups in total. The summed E-state index contributed by atoms with van der Waals surface area (Å²) in [7, 11) is 3.13. The number of carbonyl (C=O) groups excluding carboxylic acids is 1. The zero-order valence-corrected chi connectivity index (χ0v) is 19.4. The summed E-state index contributed by atoms with van der Waals surface area (Å²) in [5, 5.41) is 12.0. The maximum atomic E-state index is 12.9. The number of benzene rings is 3. The minimum Gasteiger partial charge on any atom is -0.497 e. The molecule has 1 amide bonds. The summed E-state index contributed by atoms with van der Waals surface area (Å²) < 4.78 is 12.0. The van der Waals surface area contributed by atoms with E-state index < -0.39 is 17.9 Å². The van der Waals surface area contributed by atoms with Gasteiger partial charge in [-0.25, -0.2) is 4.79 Å². The fraction of sp³-hybridized carbons (Fsp3) is 0.115. The molecule has 0 saturated heterocycles. The fourth-order valence-electron chi connectivity index (χ4n) is 3.55. The van der Waals surface area contributed by atoms with Crippen molar-refractivity contribution < 1.29 is 24.2 Å². The van der Waals surface area contributed by atoms with Crippen LogP contribution in [0, 0.1) is 0 Å². The highest BCUT2D eigenvalue weighted by molar-refractivity contribution is 7.07. The number of rotatable bonds is 7. The molecule has 1 atom stereocenters. The highest BCUT2D eigenvalue weighted by atomic mass is 32.1. The molecule has 0 aliphatic heterocycles. The number of ether oxygens (including phenoxy) is 2. The van der Waals surface area contributed by atoms with Crippen LogP contribution in [-0.2, 0) is 4.79 Å². The van der Waals surface area contributed by atoms with Gasteiger partial charge >= 0.3 is 5.97 Å². The predicted molar refractivity (Wildman–Crippen MR) is 129 cm³/mol. The molecule has 1 aromatic heterocycles. The number of methoxy groups -OCH3 is 2. The summed E-state index contributed by atoms with van der Waals surface area (Å²) in [6.45, 7) is 0. The number of carbonyl (C=O) groups is 2. The first kappa shape index (κ1) is 23.0. The number of nitrogens with zero attached hydrogens (tertiary/aromatic N) is 2. The maximum Gasteiger partial charge on any atom is 0.331 e. The van der Waals surface area contributed by atoms with Crippen LogP contribution in [0.4, 0.5) is 0 Å². The van der Waals surface area contributed by atoms with Crippen molar-refractivity contribution in [3.63, 3.8) is 0 Å². The van der Waals surface area contributed by atoms with E-state index in [0.717, 1.165) is 5.56 Å². The second-order valence-corrected chi connectivity index (χ2v) is 8.14. The first-order valence-electron chi connectivity index (χ1n) is 10.4. The first-order chi connectivity index (χ1) is 16.5. The minimum atomic E-state index is -1.08. The van der Waals surface area contributed by atoms with E-state index in [1.54, 1.807) is 84.8 Å². The van der Waals surface area contributed by atoms with Gasteiger partial charge in [0.1, 0.15) is 11.5 Å². The van der Waals surface area contributed by atoms with Gasteiger partial charge in [0, 0.05) is 10.9 Å². The Bertz CT molecular complexity index is 1360. The summed E-state index contributed by atoms with van der Waals surface area (Å²) in [4.78, 5) is 30.0. The fourth-order valence-corrected chi connectivity index (χ4v) is 4.47. The third kappa shape index (κ3) is 4.77. The number of carboxylic acids is 1. The van der Waals surface area contributed by atoms with Crippen LogP contribution in [0.15, 0.2) is 89.2 Å². The molecule has 0 spiro atoms. The lowest BCUT2D eigenvalue weighted by Crippen LogP contribution is -2.29. The van der Waals surface area contributed by atoms with Crippen LogP contribution in [-0.4, -0.2) is 35.8 Å². The molecule has 0 aliphatic rings. The van der Waals surface area contributed by atoms with E-state index in [4.69, 9.17) is 9.47 Å². The van der Waals surface area contributed by atoms with Gasteiger partial charge in [-0.15, -0.1) is 11.3 Å². The van der Waals surface area contributed by atoms with Crippen molar-refractivity contribution in [3.8, 4) is 22.8 Å². The van der Waals surface area contributed by atoms with Gasteiger partial charge in [0.15, 0.2) is 10.8 Å². The standard InChI is InChI=1S/C26H22N2O5S/c1-32-20-12-8-17(9-13-20)22-16-34-26(27-24(29)19-10-14-21(33-2)15-11-19)28(22)23(25(30)31)18-6-4-3-5-7-18/h3-16,23H,1-2H3,(H,30,31). The summed E-state index contributed by atoms with van der Waals surface area (Å²) in [6.07, 6.45) is 0. The Morgan fingerprint density at radius 3 is 2.03 bits per heavy atom. The van der Waals surface area contributed by atoms with E-state index in [9.17, 15) is 14.7 Å². The third-order valence-corrected chi connectivity index (χ3v) is 6.11. The van der Waals surface area contributed by atoms with E-state index >= 15 is 0 Å². The smallest absolute Gasteiger partial charge is 0.331 e. The number of hydrogen-bond acceptors (Lipinski definition) is 5. The van der Waals surface area contributed by atoms with Gasteiger partial charge in [-0.3, -0.25) is 9.36 Å². The number of aliphatic carboxylic acids is 1. The number of amides is 1. The van der Waals surface area contributed by atoms with Crippen molar-refractivity contribution in [2.75, 3.05) is 14.2 Å². The molecule has 0 fully saturated rings. The molecule has 4 aromatic rings. The third-order valence-electron chi connectivity index (χ3n) is 5.27. The lowest BCUT2D eigenvalue weighted by atomic mass is 10.1. The molecule has 0 bridgehead atoms. The van der Waals surface area contributed by atoms with Gasteiger partial charge in [-0.05, 0) is 59.7 Å². The number of aromatic nitrogens is 1. The van der Waals surface area contributed by atoms with E-state index in [-0.39, 0.29) is 4.80 Å². The Morgan fingerprint density at radius 2 is 1.47 bits per heavy atom. The summed E-state index contributed by atoms with van der Waals surface area (Å²) in [5.74, 6) is -0.225. The second-order valence-electron chi connectivity index (χ2n) is 7.30. The zero-order valence-electron chi connectivity index (χ0n) is 18.5. The van der Waals surface area contributed by atoms with Crippen molar-refractivity contribution in [2.45, 2.75) is 6.04 Å². The summed E-state index contributed by atoms with van der Waals surface area (Å²) in [6, 6.07) is 21.7. The van der Waals surface area contributed by atoms with Crippen LogP contribution in [0.5, 0.6) is 11.5 Å². The molecule has 7 nitrogen and oxygen atoms in total. The van der Waals surface area contributed by atoms with Crippen molar-refractivity contribution >= 4 is 23.2 Å². The van der Waals surface area contributed by atoms with Gasteiger partial charge in [0.25, 0.3) is 5.91 Å². The van der Waals surface area contributed by atoms with Crippen molar-refractivity contribution in [1.82, 2.24) is 4.57 Å². The minimum absolute atomic E-state index is 0.280. The van der Waals surface area contributed by atoms with Crippen LogP contribution in [0.2, 0.25) is 0 Å². The van der Waals surface area contributed by atoms with Gasteiger partial charge in [-0.2, -0.15) is 4.99 Å². The highest BCUT2D eigenvalue weighted by Gasteiger charge is 2.26. The van der Waals surface area contributed by atoms with Gasteiger partial charge in [-0.1, -0.05) is 30.3 Å². The van der Waals surface area contributed by atoms with E-state index in [2.05, 4.69) is 4.99 Å². The molecule has 0 radical (unpaired) electrons. The quantitative estimate of drug-likeness (QED) is 0.421. The number of hydrogen-bond donors (Lipinski definition) is 1. The molecule has 1 unspecified atom stereocenters. The molecule has 4 rings (SSSR count). The number of carboxylic acid groups (broad SMARTS) is 1. The molecule has 8 heteroatoms. The van der Waals surface area contributed by atoms with Crippen LogP contribution in [0.25, 0.3) is 11.3 Å². The molecule has 172 valence electrons. The Morgan fingerprint density at radius 1 is 0.882 bits per heavy atom. The topological polar surface area (TPSA) is 90.1 Å². The Hall–Kier alpha value is -4.17. The average Bonchev–Trinajstić information content (AvgIpc) is 3.27. The molecular weight excluding hydrogens is 452 g/mol. The van der Waals surface area contributed by atoms with E-state index in [1.807, 2.05) is 18.2 Å². The molecule has 0 aliphatic carbocycles. The Balaban J connectivity index is 1.89. The monoisotopic (exact) mass is 474 g/mol. The molecule has 0 saturated carbocycles. The molecular formula is C26H22N2O5S. The zero-order chi connectivity index (χ0) is 24.1. The molecule has 34 heavy (non-hydrogen) atoms.